The summed E-state index contributed by atoms with van der Waals surface area (Å²) < 4.78 is 5.05. The van der Waals surface area contributed by atoms with Crippen molar-refractivity contribution < 1.29 is 14.6 Å². The Morgan fingerprint density at radius 1 is 1.75 bits per heavy atom. The lowest BCUT2D eigenvalue weighted by molar-refractivity contribution is 0.0199. The van der Waals surface area contributed by atoms with Crippen LogP contribution in [0.25, 0.3) is 0 Å². The Bertz CT molecular complexity index is 174. The maximum atomic E-state index is 10.6. The van der Waals surface area contributed by atoms with Gasteiger partial charge >= 0.3 is 6.09 Å². The molecule has 2 atom stereocenters. The van der Waals surface area contributed by atoms with E-state index in [1.165, 1.54) is 4.90 Å². The second-order valence-electron chi connectivity index (χ2n) is 2.96. The Kier molecular flexibility index (Phi) is 2.88. The van der Waals surface area contributed by atoms with E-state index in [1.807, 2.05) is 0 Å². The number of hydrogen-bond acceptors (Lipinski definition) is 3. The monoisotopic (exact) mass is 174 g/mol. The van der Waals surface area contributed by atoms with Crippen LogP contribution in [0.3, 0.4) is 0 Å². The van der Waals surface area contributed by atoms with Crippen molar-refractivity contribution in [3.8, 4) is 0 Å². The summed E-state index contributed by atoms with van der Waals surface area (Å²) >= 11 is 0. The van der Waals surface area contributed by atoms with Gasteiger partial charge in [0.2, 0.25) is 0 Å². The maximum absolute atomic E-state index is 10.6. The lowest BCUT2D eigenvalue weighted by atomic mass is 10.0. The minimum Gasteiger partial charge on any atom is -0.465 e. The van der Waals surface area contributed by atoms with Crippen LogP contribution in [0.1, 0.15) is 6.42 Å². The minimum atomic E-state index is -0.899. The SMILES string of the molecule is CO[C@@H]1CN(C(=O)O)CC[C@@H]1N. The third kappa shape index (κ3) is 1.86. The van der Waals surface area contributed by atoms with E-state index < -0.39 is 6.09 Å². The van der Waals surface area contributed by atoms with Crippen molar-refractivity contribution >= 4 is 6.09 Å². The average molecular weight is 174 g/mol. The Hall–Kier alpha value is -0.810. The fourth-order valence-corrected chi connectivity index (χ4v) is 1.36. The third-order valence-electron chi connectivity index (χ3n) is 2.18. The molecule has 5 nitrogen and oxygen atoms in total. The number of carboxylic acid groups (broad SMARTS) is 1. The van der Waals surface area contributed by atoms with Crippen molar-refractivity contribution in [2.24, 2.45) is 5.73 Å². The number of carbonyl (C=O) groups is 1. The van der Waals surface area contributed by atoms with Gasteiger partial charge in [-0.1, -0.05) is 0 Å². The molecule has 0 unspecified atom stereocenters. The molecule has 0 aliphatic carbocycles. The molecule has 70 valence electrons. The molecule has 1 amide bonds. The zero-order chi connectivity index (χ0) is 9.14. The van der Waals surface area contributed by atoms with Crippen molar-refractivity contribution in [3.05, 3.63) is 0 Å². The lowest BCUT2D eigenvalue weighted by Crippen LogP contribution is -2.52. The highest BCUT2D eigenvalue weighted by Crippen LogP contribution is 2.11. The van der Waals surface area contributed by atoms with E-state index in [4.69, 9.17) is 15.6 Å². The van der Waals surface area contributed by atoms with Crippen LogP contribution in [-0.2, 0) is 4.74 Å². The molecule has 0 spiro atoms. The molecule has 1 heterocycles. The van der Waals surface area contributed by atoms with Gasteiger partial charge in [-0.05, 0) is 6.42 Å². The van der Waals surface area contributed by atoms with E-state index in [2.05, 4.69) is 0 Å². The number of hydrogen-bond donors (Lipinski definition) is 2. The highest BCUT2D eigenvalue weighted by molar-refractivity contribution is 5.65. The molecule has 12 heavy (non-hydrogen) atoms. The first kappa shape index (κ1) is 9.28. The second kappa shape index (κ2) is 3.73. The van der Waals surface area contributed by atoms with Gasteiger partial charge in [-0.25, -0.2) is 4.79 Å². The molecule has 0 aromatic heterocycles. The minimum absolute atomic E-state index is 0.0365. The Morgan fingerprint density at radius 2 is 2.42 bits per heavy atom. The summed E-state index contributed by atoms with van der Waals surface area (Å²) in [4.78, 5) is 11.9. The largest absolute Gasteiger partial charge is 0.465 e. The molecule has 1 rings (SSSR count). The molecule has 5 heteroatoms. The lowest BCUT2D eigenvalue weighted by Gasteiger charge is -2.34. The van der Waals surface area contributed by atoms with E-state index >= 15 is 0 Å². The van der Waals surface area contributed by atoms with Crippen LogP contribution in [-0.4, -0.2) is 48.4 Å². The Labute approximate surface area is 71.1 Å². The van der Waals surface area contributed by atoms with E-state index in [-0.39, 0.29) is 12.1 Å². The van der Waals surface area contributed by atoms with Crippen molar-refractivity contribution in [1.29, 1.82) is 0 Å². The highest BCUT2D eigenvalue weighted by atomic mass is 16.5. The molecule has 1 aliphatic heterocycles. The average Bonchev–Trinajstić information content (AvgIpc) is 2.05. The van der Waals surface area contributed by atoms with Crippen molar-refractivity contribution in [2.45, 2.75) is 18.6 Å². The Morgan fingerprint density at radius 3 is 2.92 bits per heavy atom. The quantitative estimate of drug-likeness (QED) is 0.573. The van der Waals surface area contributed by atoms with Gasteiger partial charge in [0, 0.05) is 19.7 Å². The summed E-state index contributed by atoms with van der Waals surface area (Å²) in [5, 5.41) is 8.67. The number of likely N-dealkylation sites (tertiary alicyclic amines) is 1. The summed E-state index contributed by atoms with van der Waals surface area (Å²) in [6, 6.07) is -0.0365. The first-order chi connectivity index (χ1) is 5.65. The molecule has 0 aromatic rings. The fourth-order valence-electron chi connectivity index (χ4n) is 1.36. The summed E-state index contributed by atoms with van der Waals surface area (Å²) in [5.41, 5.74) is 5.71. The zero-order valence-electron chi connectivity index (χ0n) is 7.06. The molecule has 0 radical (unpaired) electrons. The van der Waals surface area contributed by atoms with Gasteiger partial charge in [-0.2, -0.15) is 0 Å². The van der Waals surface area contributed by atoms with Crippen molar-refractivity contribution in [2.75, 3.05) is 20.2 Å². The molecule has 0 aromatic carbocycles. The van der Waals surface area contributed by atoms with Gasteiger partial charge < -0.3 is 20.5 Å². The number of ether oxygens (including phenoxy) is 1. The van der Waals surface area contributed by atoms with Crippen molar-refractivity contribution in [3.63, 3.8) is 0 Å². The number of methoxy groups -OCH3 is 1. The first-order valence-corrected chi connectivity index (χ1v) is 3.91. The predicted octanol–water partition coefficient (Wildman–Crippen LogP) is -0.288. The van der Waals surface area contributed by atoms with Crippen LogP contribution in [0, 0.1) is 0 Å². The summed E-state index contributed by atoms with van der Waals surface area (Å²) in [7, 11) is 1.55. The fraction of sp³-hybridized carbons (Fsp3) is 0.857. The summed E-state index contributed by atoms with van der Waals surface area (Å²) in [6.45, 7) is 0.892. The number of piperidine rings is 1. The first-order valence-electron chi connectivity index (χ1n) is 3.91. The van der Waals surface area contributed by atoms with E-state index in [0.29, 0.717) is 19.5 Å². The number of amides is 1. The zero-order valence-corrected chi connectivity index (χ0v) is 7.06. The van der Waals surface area contributed by atoms with Gasteiger partial charge in [0.05, 0.1) is 12.6 Å². The highest BCUT2D eigenvalue weighted by Gasteiger charge is 2.28. The van der Waals surface area contributed by atoms with Gasteiger partial charge in [0.1, 0.15) is 0 Å². The maximum Gasteiger partial charge on any atom is 0.407 e. The van der Waals surface area contributed by atoms with Crippen LogP contribution >= 0.6 is 0 Å². The second-order valence-corrected chi connectivity index (χ2v) is 2.96. The van der Waals surface area contributed by atoms with E-state index in [0.717, 1.165) is 0 Å². The van der Waals surface area contributed by atoms with E-state index in [1.54, 1.807) is 7.11 Å². The number of nitrogens with two attached hydrogens (primary N) is 1. The predicted molar refractivity (Wildman–Crippen MR) is 43.0 cm³/mol. The van der Waals surface area contributed by atoms with Gasteiger partial charge in [0.15, 0.2) is 0 Å². The Balaban J connectivity index is 2.49. The molecular formula is C7H14N2O3. The summed E-state index contributed by atoms with van der Waals surface area (Å²) in [5.74, 6) is 0. The number of rotatable bonds is 1. The van der Waals surface area contributed by atoms with Crippen LogP contribution in [0.2, 0.25) is 0 Å². The molecule has 0 saturated carbocycles. The van der Waals surface area contributed by atoms with Gasteiger partial charge in [-0.3, -0.25) is 0 Å². The summed E-state index contributed by atoms with van der Waals surface area (Å²) in [6.07, 6.45) is -0.385. The molecule has 1 fully saturated rings. The molecule has 3 N–H and O–H groups in total. The number of nitrogens with zero attached hydrogens (tertiary/aromatic N) is 1. The molecule has 1 aliphatic rings. The smallest absolute Gasteiger partial charge is 0.407 e. The van der Waals surface area contributed by atoms with Gasteiger partial charge in [-0.15, -0.1) is 0 Å². The van der Waals surface area contributed by atoms with Gasteiger partial charge in [0.25, 0.3) is 0 Å². The molecule has 0 bridgehead atoms. The normalized spacial score (nSPS) is 30.3. The third-order valence-corrected chi connectivity index (χ3v) is 2.18. The molecule has 1 saturated heterocycles. The van der Waals surface area contributed by atoms with Crippen LogP contribution in [0.15, 0.2) is 0 Å². The molecular weight excluding hydrogens is 160 g/mol. The van der Waals surface area contributed by atoms with Crippen LogP contribution in [0.5, 0.6) is 0 Å². The topological polar surface area (TPSA) is 75.8 Å². The standard InChI is InChI=1S/C7H14N2O3/c1-12-6-4-9(7(10)11)3-2-5(6)8/h5-6H,2-4,8H2,1H3,(H,10,11)/t5-,6+/m0/s1. The van der Waals surface area contributed by atoms with Crippen molar-refractivity contribution in [1.82, 2.24) is 4.90 Å². The van der Waals surface area contributed by atoms with Crippen LogP contribution in [0.4, 0.5) is 4.79 Å². The van der Waals surface area contributed by atoms with Crippen LogP contribution < -0.4 is 5.73 Å². The van der Waals surface area contributed by atoms with E-state index in [9.17, 15) is 4.79 Å².